The van der Waals surface area contributed by atoms with Crippen LogP contribution in [0.25, 0.3) is 10.9 Å². The van der Waals surface area contributed by atoms with Gasteiger partial charge in [-0.25, -0.2) is 18.7 Å². The summed E-state index contributed by atoms with van der Waals surface area (Å²) in [7, 11) is 3.10. The van der Waals surface area contributed by atoms with Crippen molar-refractivity contribution in [2.24, 2.45) is 0 Å². The Hall–Kier alpha value is -1.73. The summed E-state index contributed by atoms with van der Waals surface area (Å²) in [6.07, 6.45) is 0.258. The van der Waals surface area contributed by atoms with Gasteiger partial charge >= 0.3 is 0 Å². The number of hydrogen-bond donors (Lipinski definition) is 0. The number of likely N-dealkylation sites (tertiary alicyclic amines) is 1. The number of ether oxygens (including phenoxy) is 2. The largest absolute Gasteiger partial charge is 0.493 e. The Bertz CT molecular complexity index is 729. The van der Waals surface area contributed by atoms with Crippen LogP contribution < -0.4 is 9.47 Å². The van der Waals surface area contributed by atoms with Crippen LogP contribution in [0.4, 0.5) is 8.78 Å². The second-order valence-electron chi connectivity index (χ2n) is 5.55. The zero-order valence-electron chi connectivity index (χ0n) is 12.7. The number of aromatic nitrogens is 2. The molecule has 1 aromatic carbocycles. The normalized spacial score (nSPS) is 21.3. The maximum atomic E-state index is 14.3. The number of piperidine rings is 1. The number of benzene rings is 1. The third-order valence-corrected chi connectivity index (χ3v) is 4.17. The van der Waals surface area contributed by atoms with Gasteiger partial charge in [-0.15, -0.1) is 0 Å². The molecule has 1 atom stereocenters. The topological polar surface area (TPSA) is 47.5 Å². The van der Waals surface area contributed by atoms with E-state index in [1.165, 1.54) is 13.4 Å². The minimum absolute atomic E-state index is 0.139. The van der Waals surface area contributed by atoms with Crippen molar-refractivity contribution in [3.8, 4) is 11.5 Å². The maximum Gasteiger partial charge on any atom is 0.296 e. The van der Waals surface area contributed by atoms with E-state index in [1.54, 1.807) is 24.1 Å². The van der Waals surface area contributed by atoms with Gasteiger partial charge in [0.1, 0.15) is 11.5 Å². The van der Waals surface area contributed by atoms with Crippen LogP contribution in [0.1, 0.15) is 6.42 Å². The van der Waals surface area contributed by atoms with E-state index in [0.717, 1.165) is 0 Å². The fourth-order valence-corrected chi connectivity index (χ4v) is 2.95. The van der Waals surface area contributed by atoms with Crippen molar-refractivity contribution in [2.45, 2.75) is 18.4 Å². The van der Waals surface area contributed by atoms with E-state index in [4.69, 9.17) is 21.1 Å². The van der Waals surface area contributed by atoms with Gasteiger partial charge in [-0.1, -0.05) is 11.6 Å². The van der Waals surface area contributed by atoms with E-state index >= 15 is 0 Å². The number of halogens is 3. The van der Waals surface area contributed by atoms with Crippen LogP contribution in [-0.2, 0) is 0 Å². The number of alkyl halides is 2. The molecule has 0 spiro atoms. The Morgan fingerprint density at radius 1 is 1.35 bits per heavy atom. The molecule has 1 unspecified atom stereocenters. The lowest BCUT2D eigenvalue weighted by Crippen LogP contribution is -2.52. The number of nitrogens with zero attached hydrogens (tertiary/aromatic N) is 3. The Morgan fingerprint density at radius 3 is 2.83 bits per heavy atom. The van der Waals surface area contributed by atoms with Crippen molar-refractivity contribution in [1.82, 2.24) is 14.9 Å². The Labute approximate surface area is 137 Å². The van der Waals surface area contributed by atoms with Gasteiger partial charge in [0.05, 0.1) is 24.6 Å². The molecule has 124 valence electrons. The Balaban J connectivity index is 2.05. The lowest BCUT2D eigenvalue weighted by atomic mass is 10.0. The van der Waals surface area contributed by atoms with E-state index in [9.17, 15) is 8.78 Å². The highest BCUT2D eigenvalue weighted by atomic mass is 35.5. The first-order chi connectivity index (χ1) is 10.9. The molecular weight excluding hydrogens is 328 g/mol. The van der Waals surface area contributed by atoms with E-state index in [0.29, 0.717) is 23.2 Å². The Morgan fingerprint density at radius 2 is 2.13 bits per heavy atom. The summed E-state index contributed by atoms with van der Waals surface area (Å²) in [4.78, 5) is 9.58. The van der Waals surface area contributed by atoms with Crippen molar-refractivity contribution in [1.29, 1.82) is 0 Å². The standard InChI is InChI=1S/C15H16ClF2N3O2/c1-21-6-5-11(15(17,18)7-21)23-13-10(22-2)4-3-9-12(13)14(16)20-8-19-9/h3-4,8,11H,5-7H2,1-2H3. The number of methoxy groups -OCH3 is 1. The number of hydrogen-bond acceptors (Lipinski definition) is 5. The van der Waals surface area contributed by atoms with Crippen LogP contribution in [0.3, 0.4) is 0 Å². The molecule has 0 saturated carbocycles. The lowest BCUT2D eigenvalue weighted by molar-refractivity contribution is -0.135. The van der Waals surface area contributed by atoms with Gasteiger partial charge in [-0.05, 0) is 19.2 Å². The van der Waals surface area contributed by atoms with Crippen LogP contribution in [0.5, 0.6) is 11.5 Å². The van der Waals surface area contributed by atoms with E-state index in [2.05, 4.69) is 9.97 Å². The summed E-state index contributed by atoms with van der Waals surface area (Å²) < 4.78 is 39.5. The molecule has 0 amide bonds. The third kappa shape index (κ3) is 3.03. The van der Waals surface area contributed by atoms with Crippen LogP contribution in [-0.4, -0.2) is 54.1 Å². The summed E-state index contributed by atoms with van der Waals surface area (Å²) in [6.45, 7) is 0.173. The molecule has 2 heterocycles. The molecule has 0 N–H and O–H groups in total. The molecule has 0 radical (unpaired) electrons. The van der Waals surface area contributed by atoms with Gasteiger partial charge in [0.15, 0.2) is 17.6 Å². The van der Waals surface area contributed by atoms with E-state index in [-0.39, 0.29) is 23.9 Å². The van der Waals surface area contributed by atoms with Crippen molar-refractivity contribution in [2.75, 3.05) is 27.2 Å². The zero-order chi connectivity index (χ0) is 16.6. The molecule has 1 aliphatic rings. The molecule has 2 aromatic rings. The fourth-order valence-electron chi connectivity index (χ4n) is 2.72. The minimum atomic E-state index is -2.97. The highest BCUT2D eigenvalue weighted by Crippen LogP contribution is 2.41. The van der Waals surface area contributed by atoms with Crippen molar-refractivity contribution in [3.63, 3.8) is 0 Å². The number of rotatable bonds is 3. The second-order valence-corrected chi connectivity index (χ2v) is 5.91. The second kappa shape index (κ2) is 6.05. The molecule has 1 aliphatic heterocycles. The quantitative estimate of drug-likeness (QED) is 0.802. The molecular formula is C15H16ClF2N3O2. The summed E-state index contributed by atoms with van der Waals surface area (Å²) in [5, 5.41) is 0.517. The predicted molar refractivity (Wildman–Crippen MR) is 82.6 cm³/mol. The summed E-state index contributed by atoms with van der Waals surface area (Å²) in [6, 6.07) is 3.30. The van der Waals surface area contributed by atoms with E-state index < -0.39 is 12.0 Å². The molecule has 1 aromatic heterocycles. The van der Waals surface area contributed by atoms with Crippen molar-refractivity contribution < 1.29 is 18.3 Å². The van der Waals surface area contributed by atoms with Crippen molar-refractivity contribution in [3.05, 3.63) is 23.6 Å². The first kappa shape index (κ1) is 16.1. The fraction of sp³-hybridized carbons (Fsp3) is 0.467. The van der Waals surface area contributed by atoms with E-state index in [1.807, 2.05) is 0 Å². The average molecular weight is 344 g/mol. The molecule has 5 nitrogen and oxygen atoms in total. The van der Waals surface area contributed by atoms with Gasteiger partial charge < -0.3 is 14.4 Å². The Kier molecular flexibility index (Phi) is 4.25. The van der Waals surface area contributed by atoms with Crippen LogP contribution in [0, 0.1) is 0 Å². The average Bonchev–Trinajstić information content (AvgIpc) is 2.49. The smallest absolute Gasteiger partial charge is 0.296 e. The third-order valence-electron chi connectivity index (χ3n) is 3.88. The molecule has 0 bridgehead atoms. The first-order valence-corrected chi connectivity index (χ1v) is 7.50. The number of fused-ring (bicyclic) bond motifs is 1. The van der Waals surface area contributed by atoms with Gasteiger partial charge in [-0.3, -0.25) is 0 Å². The van der Waals surface area contributed by atoms with Gasteiger partial charge in [0, 0.05) is 13.0 Å². The summed E-state index contributed by atoms with van der Waals surface area (Å²) in [5.41, 5.74) is 0.511. The highest BCUT2D eigenvalue weighted by Gasteiger charge is 2.46. The van der Waals surface area contributed by atoms with Gasteiger partial charge in [0.2, 0.25) is 0 Å². The molecule has 8 heteroatoms. The molecule has 1 fully saturated rings. The van der Waals surface area contributed by atoms with Crippen molar-refractivity contribution >= 4 is 22.5 Å². The van der Waals surface area contributed by atoms with Crippen LogP contribution >= 0.6 is 11.6 Å². The minimum Gasteiger partial charge on any atom is -0.493 e. The zero-order valence-corrected chi connectivity index (χ0v) is 13.5. The molecule has 23 heavy (non-hydrogen) atoms. The molecule has 3 rings (SSSR count). The first-order valence-electron chi connectivity index (χ1n) is 7.12. The SMILES string of the molecule is COc1ccc2ncnc(Cl)c2c1OC1CCN(C)CC1(F)F. The van der Waals surface area contributed by atoms with Crippen LogP contribution in [0.2, 0.25) is 5.15 Å². The maximum absolute atomic E-state index is 14.3. The molecule has 0 aliphatic carbocycles. The molecule has 1 saturated heterocycles. The summed E-state index contributed by atoms with van der Waals surface area (Å²) >= 11 is 6.12. The van der Waals surface area contributed by atoms with Gasteiger partial charge in [0.25, 0.3) is 5.92 Å². The lowest BCUT2D eigenvalue weighted by Gasteiger charge is -2.36. The monoisotopic (exact) mass is 343 g/mol. The van der Waals surface area contributed by atoms with Crippen LogP contribution in [0.15, 0.2) is 18.5 Å². The van der Waals surface area contributed by atoms with Gasteiger partial charge in [-0.2, -0.15) is 0 Å². The highest BCUT2D eigenvalue weighted by molar-refractivity contribution is 6.34. The summed E-state index contributed by atoms with van der Waals surface area (Å²) in [5.74, 6) is -2.49. The predicted octanol–water partition coefficient (Wildman–Crippen LogP) is 3.01.